The zero-order valence-corrected chi connectivity index (χ0v) is 16.6. The third-order valence-electron chi connectivity index (χ3n) is 4.42. The molecule has 3 aromatic carbocycles. The molecule has 0 saturated heterocycles. The van der Waals surface area contributed by atoms with E-state index in [0.29, 0.717) is 17.9 Å². The second-order valence-corrected chi connectivity index (χ2v) is 6.32. The van der Waals surface area contributed by atoms with E-state index in [0.717, 1.165) is 11.3 Å². The van der Waals surface area contributed by atoms with Gasteiger partial charge in [-0.15, -0.1) is 0 Å². The number of carboxylic acid groups (broad SMARTS) is 1. The van der Waals surface area contributed by atoms with Gasteiger partial charge in [-0.05, 0) is 29.8 Å². The van der Waals surface area contributed by atoms with Crippen LogP contribution < -0.4 is 19.1 Å². The Morgan fingerprint density at radius 3 is 2.10 bits per heavy atom. The first-order valence-electron chi connectivity index (χ1n) is 9.08. The molecule has 0 heterocycles. The number of benzene rings is 3. The van der Waals surface area contributed by atoms with Gasteiger partial charge in [-0.2, -0.15) is 0 Å². The molecule has 0 fully saturated rings. The van der Waals surface area contributed by atoms with Gasteiger partial charge in [0, 0.05) is 12.1 Å². The van der Waals surface area contributed by atoms with Crippen molar-refractivity contribution in [3.8, 4) is 23.0 Å². The lowest BCUT2D eigenvalue weighted by Crippen LogP contribution is -2.23. The Morgan fingerprint density at radius 1 is 0.933 bits per heavy atom. The fraction of sp³-hybridized carbons (Fsp3) is 0.130. The molecule has 1 N–H and O–H groups in total. The van der Waals surface area contributed by atoms with Gasteiger partial charge >= 0.3 is 5.97 Å². The van der Waals surface area contributed by atoms with Crippen molar-refractivity contribution in [2.75, 3.05) is 19.1 Å². The van der Waals surface area contributed by atoms with Crippen molar-refractivity contribution in [2.45, 2.75) is 6.54 Å². The van der Waals surface area contributed by atoms with Crippen molar-refractivity contribution in [1.29, 1.82) is 0 Å². The number of nitrogens with zero attached hydrogens (tertiary/aromatic N) is 1. The summed E-state index contributed by atoms with van der Waals surface area (Å²) in [5.74, 6) is 0.795. The molecule has 0 atom stereocenters. The Balaban J connectivity index is 1.84. The number of amides is 1. The molecule has 154 valence electrons. The first-order chi connectivity index (χ1) is 14.5. The molecule has 7 nitrogen and oxygen atoms in total. The molecule has 0 aliphatic heterocycles. The van der Waals surface area contributed by atoms with Crippen LogP contribution in [0, 0.1) is 0 Å². The lowest BCUT2D eigenvalue weighted by Gasteiger charge is -2.21. The minimum absolute atomic E-state index is 0.0659. The van der Waals surface area contributed by atoms with Crippen molar-refractivity contribution in [3.05, 3.63) is 77.9 Å². The van der Waals surface area contributed by atoms with Gasteiger partial charge in [-0.3, -0.25) is 4.79 Å². The van der Waals surface area contributed by atoms with Crippen LogP contribution in [0.1, 0.15) is 15.9 Å². The molecule has 0 unspecified atom stereocenters. The smallest absolute Gasteiger partial charge is 0.337 e. The van der Waals surface area contributed by atoms with Crippen LogP contribution in [-0.2, 0) is 11.3 Å². The maximum atomic E-state index is 11.8. The van der Waals surface area contributed by atoms with Crippen LogP contribution in [0.5, 0.6) is 23.0 Å². The van der Waals surface area contributed by atoms with Gasteiger partial charge in [0.05, 0.1) is 32.0 Å². The number of ether oxygens (including phenoxy) is 3. The number of carboxylic acids is 1. The minimum Gasteiger partial charge on any atom is -0.493 e. The second kappa shape index (κ2) is 9.47. The number of anilines is 1. The molecule has 0 saturated carbocycles. The third-order valence-corrected chi connectivity index (χ3v) is 4.42. The van der Waals surface area contributed by atoms with Crippen molar-refractivity contribution < 1.29 is 28.9 Å². The summed E-state index contributed by atoms with van der Waals surface area (Å²) < 4.78 is 16.2. The van der Waals surface area contributed by atoms with Crippen LogP contribution in [0.4, 0.5) is 5.69 Å². The van der Waals surface area contributed by atoms with E-state index in [-0.39, 0.29) is 23.5 Å². The lowest BCUT2D eigenvalue weighted by molar-refractivity contribution is -0.107. The predicted octanol–water partition coefficient (Wildman–Crippen LogP) is 4.36. The summed E-state index contributed by atoms with van der Waals surface area (Å²) in [6.07, 6.45) is 0.585. The number of para-hydroxylation sites is 1. The number of carbonyl (C=O) groups is 2. The number of hydrogen-bond donors (Lipinski definition) is 1. The highest BCUT2D eigenvalue weighted by molar-refractivity contribution is 5.98. The van der Waals surface area contributed by atoms with Gasteiger partial charge in [-0.1, -0.05) is 30.3 Å². The number of methoxy groups -OCH3 is 2. The van der Waals surface area contributed by atoms with Crippen LogP contribution in [0.15, 0.2) is 66.7 Å². The molecule has 0 spiro atoms. The van der Waals surface area contributed by atoms with Crippen LogP contribution in [0.3, 0.4) is 0 Å². The summed E-state index contributed by atoms with van der Waals surface area (Å²) in [6, 6.07) is 19.4. The van der Waals surface area contributed by atoms with Crippen LogP contribution in [0.2, 0.25) is 0 Å². The van der Waals surface area contributed by atoms with E-state index in [1.807, 2.05) is 42.5 Å². The molecule has 3 aromatic rings. The topological polar surface area (TPSA) is 85.3 Å². The molecular weight excluding hydrogens is 386 g/mol. The molecule has 1 amide bonds. The average Bonchev–Trinajstić information content (AvgIpc) is 2.78. The van der Waals surface area contributed by atoms with Crippen molar-refractivity contribution in [1.82, 2.24) is 0 Å². The molecule has 3 rings (SSSR count). The highest BCUT2D eigenvalue weighted by Gasteiger charge is 2.21. The molecular formula is C23H21NO6. The number of aromatic carboxylic acids is 1. The Kier molecular flexibility index (Phi) is 6.54. The summed E-state index contributed by atoms with van der Waals surface area (Å²) in [5, 5.41) is 9.58. The molecule has 0 aromatic heterocycles. The Hall–Kier alpha value is -4.00. The summed E-state index contributed by atoms with van der Waals surface area (Å²) in [6.45, 7) is 0.172. The van der Waals surface area contributed by atoms with E-state index in [2.05, 4.69) is 0 Å². The van der Waals surface area contributed by atoms with Crippen LogP contribution in [0.25, 0.3) is 0 Å². The number of hydrogen-bond acceptors (Lipinski definition) is 5. The van der Waals surface area contributed by atoms with E-state index >= 15 is 0 Å². The van der Waals surface area contributed by atoms with E-state index in [4.69, 9.17) is 14.2 Å². The zero-order chi connectivity index (χ0) is 21.5. The highest BCUT2D eigenvalue weighted by Crippen LogP contribution is 2.35. The largest absolute Gasteiger partial charge is 0.493 e. The minimum atomic E-state index is -1.18. The van der Waals surface area contributed by atoms with Crippen molar-refractivity contribution in [3.63, 3.8) is 0 Å². The second-order valence-electron chi connectivity index (χ2n) is 6.32. The summed E-state index contributed by atoms with van der Waals surface area (Å²) in [7, 11) is 2.86. The van der Waals surface area contributed by atoms with E-state index in [1.54, 1.807) is 12.1 Å². The molecule has 30 heavy (non-hydrogen) atoms. The quantitative estimate of drug-likeness (QED) is 0.531. The van der Waals surface area contributed by atoms with Crippen LogP contribution in [-0.4, -0.2) is 31.7 Å². The van der Waals surface area contributed by atoms with Crippen molar-refractivity contribution in [2.24, 2.45) is 0 Å². The SMILES string of the molecule is COc1cc(C(=O)O)c(N(C=O)Cc2ccc(Oc3ccccc3)cc2)cc1OC. The van der Waals surface area contributed by atoms with E-state index in [1.165, 1.54) is 31.3 Å². The first-order valence-corrected chi connectivity index (χ1v) is 9.08. The van der Waals surface area contributed by atoms with Crippen molar-refractivity contribution >= 4 is 18.1 Å². The maximum Gasteiger partial charge on any atom is 0.337 e. The highest BCUT2D eigenvalue weighted by atomic mass is 16.5. The predicted molar refractivity (Wildman–Crippen MR) is 112 cm³/mol. The fourth-order valence-corrected chi connectivity index (χ4v) is 2.94. The zero-order valence-electron chi connectivity index (χ0n) is 16.6. The van der Waals surface area contributed by atoms with Gasteiger partial charge in [0.2, 0.25) is 6.41 Å². The average molecular weight is 407 g/mol. The van der Waals surface area contributed by atoms with Gasteiger partial charge in [0.25, 0.3) is 0 Å². The first kappa shape index (κ1) is 20.7. The van der Waals surface area contributed by atoms with E-state index < -0.39 is 5.97 Å². The van der Waals surface area contributed by atoms with Gasteiger partial charge in [-0.25, -0.2) is 4.79 Å². The summed E-state index contributed by atoms with van der Waals surface area (Å²) >= 11 is 0. The third kappa shape index (κ3) is 4.70. The standard InChI is InChI=1S/C23H21NO6/c1-28-21-12-19(23(26)27)20(13-22(21)29-2)24(15-25)14-16-8-10-18(11-9-16)30-17-6-4-3-5-7-17/h3-13,15H,14H2,1-2H3,(H,26,27). The molecule has 7 heteroatoms. The van der Waals surface area contributed by atoms with Gasteiger partial charge in [0.1, 0.15) is 11.5 Å². The Bertz CT molecular complexity index is 1020. The maximum absolute atomic E-state index is 11.8. The molecule has 0 aliphatic carbocycles. The fourth-order valence-electron chi connectivity index (χ4n) is 2.94. The molecule has 0 aliphatic rings. The number of carbonyl (C=O) groups excluding carboxylic acids is 1. The van der Waals surface area contributed by atoms with Gasteiger partial charge < -0.3 is 24.2 Å². The van der Waals surface area contributed by atoms with Gasteiger partial charge in [0.15, 0.2) is 11.5 Å². The Morgan fingerprint density at radius 2 is 1.53 bits per heavy atom. The lowest BCUT2D eigenvalue weighted by atomic mass is 10.1. The number of rotatable bonds is 9. The molecule has 0 bridgehead atoms. The van der Waals surface area contributed by atoms with E-state index in [9.17, 15) is 14.7 Å². The normalized spacial score (nSPS) is 10.2. The monoisotopic (exact) mass is 407 g/mol. The summed E-state index contributed by atoms with van der Waals surface area (Å²) in [4.78, 5) is 24.8. The van der Waals surface area contributed by atoms with Crippen LogP contribution >= 0.6 is 0 Å². The Labute approximate surface area is 174 Å². The molecule has 0 radical (unpaired) electrons. The summed E-state index contributed by atoms with van der Waals surface area (Å²) in [5.41, 5.74) is 0.942.